The van der Waals surface area contributed by atoms with E-state index in [0.717, 1.165) is 18.5 Å². The molecule has 144 valence electrons. The summed E-state index contributed by atoms with van der Waals surface area (Å²) in [7, 11) is 0. The number of likely N-dealkylation sites (tertiary alicyclic amines) is 1. The molecule has 0 saturated carbocycles. The summed E-state index contributed by atoms with van der Waals surface area (Å²) in [5.74, 6) is -0.701. The fourth-order valence-electron chi connectivity index (χ4n) is 3.15. The Balaban J connectivity index is 1.95. The second kappa shape index (κ2) is 8.24. The number of piperidine rings is 1. The molecule has 1 aliphatic heterocycles. The normalized spacial score (nSPS) is 17.1. The average molecular weight is 371 g/mol. The van der Waals surface area contributed by atoms with Crippen LogP contribution in [0, 0.1) is 5.92 Å². The number of para-hydroxylation sites is 1. The molecular formula is C20H25N3O4. The fourth-order valence-corrected chi connectivity index (χ4v) is 3.15. The van der Waals surface area contributed by atoms with Crippen molar-refractivity contribution < 1.29 is 19.4 Å². The summed E-state index contributed by atoms with van der Waals surface area (Å²) in [6, 6.07) is 8.63. The molecule has 2 heterocycles. The van der Waals surface area contributed by atoms with E-state index in [2.05, 4.69) is 5.10 Å². The van der Waals surface area contributed by atoms with Crippen LogP contribution < -0.4 is 4.74 Å². The van der Waals surface area contributed by atoms with Gasteiger partial charge in [0.05, 0.1) is 18.5 Å². The number of carboxylic acid groups (broad SMARTS) is 1. The van der Waals surface area contributed by atoms with Gasteiger partial charge in [-0.3, -0.25) is 4.79 Å². The molecule has 1 N–H and O–H groups in total. The molecule has 27 heavy (non-hydrogen) atoms. The Morgan fingerprint density at radius 2 is 2.00 bits per heavy atom. The molecule has 0 spiro atoms. The number of hydrogen-bond donors (Lipinski definition) is 1. The maximum absolute atomic E-state index is 13.1. The molecule has 0 unspecified atom stereocenters. The van der Waals surface area contributed by atoms with Crippen molar-refractivity contribution in [3.63, 3.8) is 0 Å². The number of carbonyl (C=O) groups excluding carboxylic acids is 1. The Labute approximate surface area is 158 Å². The van der Waals surface area contributed by atoms with Gasteiger partial charge in [0.2, 0.25) is 0 Å². The second-order valence-corrected chi connectivity index (χ2v) is 7.18. The summed E-state index contributed by atoms with van der Waals surface area (Å²) in [5, 5.41) is 13.9. The van der Waals surface area contributed by atoms with Crippen LogP contribution in [0.3, 0.4) is 0 Å². The molecule has 7 nitrogen and oxygen atoms in total. The molecule has 1 amide bonds. The van der Waals surface area contributed by atoms with Crippen molar-refractivity contribution in [2.24, 2.45) is 5.92 Å². The first-order chi connectivity index (χ1) is 13.0. The Bertz CT molecular complexity index is 801. The summed E-state index contributed by atoms with van der Waals surface area (Å²) in [4.78, 5) is 26.1. The molecule has 1 aromatic carbocycles. The van der Waals surface area contributed by atoms with Gasteiger partial charge in [-0.25, -0.2) is 9.48 Å². The number of hydrogen-bond acceptors (Lipinski definition) is 4. The van der Waals surface area contributed by atoms with Crippen LogP contribution >= 0.6 is 0 Å². The molecule has 3 rings (SSSR count). The van der Waals surface area contributed by atoms with Gasteiger partial charge in [-0.15, -0.1) is 0 Å². The Kier molecular flexibility index (Phi) is 5.78. The lowest BCUT2D eigenvalue weighted by atomic mass is 10.0. The van der Waals surface area contributed by atoms with Crippen LogP contribution in [0.15, 0.2) is 36.5 Å². The Morgan fingerprint density at radius 1 is 1.26 bits per heavy atom. The van der Waals surface area contributed by atoms with Crippen molar-refractivity contribution in [1.82, 2.24) is 14.7 Å². The third kappa shape index (κ3) is 4.30. The van der Waals surface area contributed by atoms with Gasteiger partial charge in [0.25, 0.3) is 5.91 Å². The number of amides is 1. The van der Waals surface area contributed by atoms with Gasteiger partial charge in [0.1, 0.15) is 6.04 Å². The lowest BCUT2D eigenvalue weighted by Gasteiger charge is -2.32. The molecule has 7 heteroatoms. The van der Waals surface area contributed by atoms with Gasteiger partial charge < -0.3 is 14.7 Å². The number of nitrogens with zero attached hydrogens (tertiary/aromatic N) is 3. The van der Waals surface area contributed by atoms with Crippen LogP contribution in [-0.4, -0.2) is 50.9 Å². The summed E-state index contributed by atoms with van der Waals surface area (Å²) >= 11 is 0. The van der Waals surface area contributed by atoms with Gasteiger partial charge >= 0.3 is 5.97 Å². The number of carbonyl (C=O) groups is 2. The summed E-state index contributed by atoms with van der Waals surface area (Å²) < 4.78 is 7.43. The molecular weight excluding hydrogens is 346 g/mol. The zero-order valence-electron chi connectivity index (χ0n) is 15.7. The van der Waals surface area contributed by atoms with E-state index in [4.69, 9.17) is 4.74 Å². The summed E-state index contributed by atoms with van der Waals surface area (Å²) in [6.07, 6.45) is 3.74. The van der Waals surface area contributed by atoms with Crippen molar-refractivity contribution in [2.75, 3.05) is 13.2 Å². The zero-order chi connectivity index (χ0) is 19.4. The second-order valence-electron chi connectivity index (χ2n) is 7.18. The zero-order valence-corrected chi connectivity index (χ0v) is 15.7. The van der Waals surface area contributed by atoms with Crippen molar-refractivity contribution >= 4 is 11.9 Å². The number of benzene rings is 1. The number of ether oxygens (including phenoxy) is 1. The van der Waals surface area contributed by atoms with Gasteiger partial charge in [-0.2, -0.15) is 5.10 Å². The summed E-state index contributed by atoms with van der Waals surface area (Å²) in [6.45, 7) is 4.91. The average Bonchev–Trinajstić information content (AvgIpc) is 3.10. The lowest BCUT2D eigenvalue weighted by molar-refractivity contribution is -0.143. The van der Waals surface area contributed by atoms with Gasteiger partial charge in [-0.1, -0.05) is 32.0 Å². The summed E-state index contributed by atoms with van der Waals surface area (Å²) in [5.41, 5.74) is 0.965. The molecule has 1 aliphatic rings. The quantitative estimate of drug-likeness (QED) is 0.844. The minimum Gasteiger partial charge on any atom is -0.489 e. The van der Waals surface area contributed by atoms with Crippen molar-refractivity contribution in [3.8, 4) is 11.4 Å². The van der Waals surface area contributed by atoms with Crippen LogP contribution in [0.2, 0.25) is 0 Å². The van der Waals surface area contributed by atoms with Crippen LogP contribution in [0.5, 0.6) is 5.75 Å². The lowest BCUT2D eigenvalue weighted by Crippen LogP contribution is -2.48. The van der Waals surface area contributed by atoms with Crippen LogP contribution in [0.1, 0.15) is 43.6 Å². The number of aliphatic carboxylic acids is 1. The monoisotopic (exact) mass is 371 g/mol. The molecule has 1 fully saturated rings. The Morgan fingerprint density at radius 3 is 2.67 bits per heavy atom. The highest BCUT2D eigenvalue weighted by Crippen LogP contribution is 2.26. The molecule has 0 bridgehead atoms. The predicted octanol–water partition coefficient (Wildman–Crippen LogP) is 2.99. The van der Waals surface area contributed by atoms with E-state index < -0.39 is 17.9 Å². The van der Waals surface area contributed by atoms with E-state index >= 15 is 0 Å². The van der Waals surface area contributed by atoms with E-state index in [0.29, 0.717) is 25.3 Å². The van der Waals surface area contributed by atoms with Crippen LogP contribution in [0.25, 0.3) is 5.69 Å². The van der Waals surface area contributed by atoms with Crippen LogP contribution in [0.4, 0.5) is 0 Å². The Hall–Kier alpha value is -2.83. The highest BCUT2D eigenvalue weighted by atomic mass is 16.5. The number of carboxylic acids is 1. The van der Waals surface area contributed by atoms with Crippen LogP contribution in [-0.2, 0) is 4.79 Å². The molecule has 0 radical (unpaired) electrons. The molecule has 1 saturated heterocycles. The first-order valence-corrected chi connectivity index (χ1v) is 9.29. The van der Waals surface area contributed by atoms with Gasteiger partial charge in [0.15, 0.2) is 11.4 Å². The smallest absolute Gasteiger partial charge is 0.326 e. The molecule has 0 aliphatic carbocycles. The minimum atomic E-state index is -0.977. The SMILES string of the molecule is CC(C)COc1cn(-c2ccccc2)nc1C(=O)N1CCCC[C@@H]1C(=O)O. The van der Waals surface area contributed by atoms with Gasteiger partial charge in [-0.05, 0) is 37.3 Å². The van der Waals surface area contributed by atoms with E-state index in [1.54, 1.807) is 10.9 Å². The fraction of sp³-hybridized carbons (Fsp3) is 0.450. The van der Waals surface area contributed by atoms with Gasteiger partial charge in [0, 0.05) is 6.54 Å². The molecule has 2 aromatic rings. The maximum atomic E-state index is 13.1. The third-order valence-electron chi connectivity index (χ3n) is 4.52. The van der Waals surface area contributed by atoms with E-state index in [9.17, 15) is 14.7 Å². The van der Waals surface area contributed by atoms with Crippen molar-refractivity contribution in [3.05, 3.63) is 42.2 Å². The highest BCUT2D eigenvalue weighted by molar-refractivity contribution is 5.97. The standard InChI is InChI=1S/C20H25N3O4/c1-14(2)13-27-17-12-23(15-8-4-3-5-9-15)21-18(17)19(24)22-11-7-6-10-16(22)20(25)26/h3-5,8-9,12,14,16H,6-7,10-11,13H2,1-2H3,(H,25,26)/t16-/m1/s1. The highest BCUT2D eigenvalue weighted by Gasteiger charge is 2.35. The maximum Gasteiger partial charge on any atom is 0.326 e. The first-order valence-electron chi connectivity index (χ1n) is 9.29. The molecule has 1 aromatic heterocycles. The predicted molar refractivity (Wildman–Crippen MR) is 100 cm³/mol. The number of aromatic nitrogens is 2. The minimum absolute atomic E-state index is 0.160. The number of rotatable bonds is 6. The van der Waals surface area contributed by atoms with E-state index in [-0.39, 0.29) is 11.6 Å². The van der Waals surface area contributed by atoms with Crippen molar-refractivity contribution in [1.29, 1.82) is 0 Å². The van der Waals surface area contributed by atoms with E-state index in [1.165, 1.54) is 4.90 Å². The molecule has 1 atom stereocenters. The van der Waals surface area contributed by atoms with E-state index in [1.807, 2.05) is 44.2 Å². The third-order valence-corrected chi connectivity index (χ3v) is 4.52. The first kappa shape index (κ1) is 18.9. The largest absolute Gasteiger partial charge is 0.489 e. The van der Waals surface area contributed by atoms with Crippen molar-refractivity contribution in [2.45, 2.75) is 39.2 Å². The topological polar surface area (TPSA) is 84.7 Å².